The highest BCUT2D eigenvalue weighted by Gasteiger charge is 2.14. The van der Waals surface area contributed by atoms with Gasteiger partial charge >= 0.3 is 5.97 Å². The zero-order valence-electron chi connectivity index (χ0n) is 13.0. The summed E-state index contributed by atoms with van der Waals surface area (Å²) in [4.78, 5) is 11.5. The zero-order chi connectivity index (χ0) is 15.9. The standard InChI is InChI=1S/C18H21ClO3/c1-21-17-11-13(8-10-16(17)19)7-9-14-5-3-4-6-15(14)12-18(20)22-2/h7-11H,3-6,12H2,1-2H3. The Hall–Kier alpha value is -1.74. The van der Waals surface area contributed by atoms with Crippen molar-refractivity contribution in [2.75, 3.05) is 14.2 Å². The molecule has 0 fully saturated rings. The van der Waals surface area contributed by atoms with Gasteiger partial charge in [-0.2, -0.15) is 0 Å². The predicted molar refractivity (Wildman–Crippen MR) is 89.2 cm³/mol. The second-order valence-corrected chi connectivity index (χ2v) is 5.72. The summed E-state index contributed by atoms with van der Waals surface area (Å²) in [5, 5.41) is 0.600. The quantitative estimate of drug-likeness (QED) is 0.731. The number of hydrogen-bond donors (Lipinski definition) is 0. The molecule has 0 atom stereocenters. The van der Waals surface area contributed by atoms with Gasteiger partial charge in [0.25, 0.3) is 0 Å². The molecule has 4 heteroatoms. The van der Waals surface area contributed by atoms with Crippen LogP contribution in [0.15, 0.2) is 35.4 Å². The molecule has 0 saturated carbocycles. The average Bonchev–Trinajstić information content (AvgIpc) is 2.55. The Balaban J connectivity index is 2.20. The van der Waals surface area contributed by atoms with Gasteiger partial charge in [-0.1, -0.05) is 35.4 Å². The van der Waals surface area contributed by atoms with Crippen molar-refractivity contribution in [2.45, 2.75) is 32.1 Å². The molecule has 22 heavy (non-hydrogen) atoms. The maximum atomic E-state index is 11.5. The van der Waals surface area contributed by atoms with E-state index < -0.39 is 0 Å². The normalized spacial score (nSPS) is 15.2. The maximum Gasteiger partial charge on any atom is 0.309 e. The summed E-state index contributed by atoms with van der Waals surface area (Å²) < 4.78 is 10.0. The van der Waals surface area contributed by atoms with Crippen LogP contribution in [0.5, 0.6) is 5.75 Å². The van der Waals surface area contributed by atoms with Crippen molar-refractivity contribution in [1.82, 2.24) is 0 Å². The highest BCUT2D eigenvalue weighted by Crippen LogP contribution is 2.30. The molecule has 1 aromatic carbocycles. The largest absolute Gasteiger partial charge is 0.495 e. The lowest BCUT2D eigenvalue weighted by atomic mass is 9.89. The van der Waals surface area contributed by atoms with Crippen molar-refractivity contribution < 1.29 is 14.3 Å². The van der Waals surface area contributed by atoms with E-state index in [1.807, 2.05) is 24.3 Å². The van der Waals surface area contributed by atoms with Crippen molar-refractivity contribution in [1.29, 1.82) is 0 Å². The molecule has 0 aliphatic heterocycles. The molecule has 0 saturated heterocycles. The summed E-state index contributed by atoms with van der Waals surface area (Å²) in [5.74, 6) is 0.493. The number of carbonyl (C=O) groups excluding carboxylic acids is 1. The first-order chi connectivity index (χ1) is 10.6. The number of allylic oxidation sites excluding steroid dienone is 2. The minimum Gasteiger partial charge on any atom is -0.495 e. The molecular weight excluding hydrogens is 300 g/mol. The highest BCUT2D eigenvalue weighted by atomic mass is 35.5. The predicted octanol–water partition coefficient (Wildman–Crippen LogP) is 4.80. The average molecular weight is 321 g/mol. The molecular formula is C18H21ClO3. The van der Waals surface area contributed by atoms with Crippen molar-refractivity contribution in [3.8, 4) is 5.75 Å². The second kappa shape index (κ2) is 8.04. The summed E-state index contributed by atoms with van der Waals surface area (Å²) in [6, 6.07) is 5.68. The van der Waals surface area contributed by atoms with Crippen molar-refractivity contribution in [3.05, 3.63) is 46.0 Å². The van der Waals surface area contributed by atoms with Crippen LogP contribution >= 0.6 is 11.6 Å². The number of hydrogen-bond acceptors (Lipinski definition) is 3. The number of halogens is 1. The van der Waals surface area contributed by atoms with Crippen molar-refractivity contribution >= 4 is 23.6 Å². The summed E-state index contributed by atoms with van der Waals surface area (Å²) >= 11 is 6.03. The Morgan fingerprint density at radius 1 is 1.23 bits per heavy atom. The number of ether oxygens (including phenoxy) is 2. The molecule has 3 nitrogen and oxygen atoms in total. The number of esters is 1. The zero-order valence-corrected chi connectivity index (χ0v) is 13.8. The molecule has 0 N–H and O–H groups in total. The molecule has 1 aliphatic carbocycles. The van der Waals surface area contributed by atoms with Crippen LogP contribution in [0.4, 0.5) is 0 Å². The molecule has 118 valence electrons. The van der Waals surface area contributed by atoms with Gasteiger partial charge in [-0.05, 0) is 49.0 Å². The Labute approximate surface area is 136 Å². The molecule has 1 aliphatic rings. The fourth-order valence-corrected chi connectivity index (χ4v) is 2.81. The van der Waals surface area contributed by atoms with E-state index in [9.17, 15) is 4.79 Å². The molecule has 0 bridgehead atoms. The van der Waals surface area contributed by atoms with Gasteiger partial charge in [0.1, 0.15) is 5.75 Å². The van der Waals surface area contributed by atoms with Gasteiger partial charge in [0.2, 0.25) is 0 Å². The second-order valence-electron chi connectivity index (χ2n) is 5.32. The van der Waals surface area contributed by atoms with Gasteiger partial charge in [-0.25, -0.2) is 0 Å². The molecule has 0 heterocycles. The molecule has 0 radical (unpaired) electrons. The van der Waals surface area contributed by atoms with E-state index in [2.05, 4.69) is 6.08 Å². The molecule has 0 spiro atoms. The number of methoxy groups -OCH3 is 2. The Bertz CT molecular complexity index is 602. The topological polar surface area (TPSA) is 35.5 Å². The first-order valence-corrected chi connectivity index (χ1v) is 7.81. The smallest absolute Gasteiger partial charge is 0.309 e. The van der Waals surface area contributed by atoms with Gasteiger partial charge in [0.15, 0.2) is 0 Å². The maximum absolute atomic E-state index is 11.5. The van der Waals surface area contributed by atoms with E-state index in [1.165, 1.54) is 18.3 Å². The van der Waals surface area contributed by atoms with E-state index in [0.717, 1.165) is 31.2 Å². The van der Waals surface area contributed by atoms with Crippen LogP contribution in [0.2, 0.25) is 5.02 Å². The van der Waals surface area contributed by atoms with Crippen LogP contribution in [0.3, 0.4) is 0 Å². The number of benzene rings is 1. The number of carbonyl (C=O) groups is 1. The van der Waals surface area contributed by atoms with Crippen LogP contribution in [-0.4, -0.2) is 20.2 Å². The van der Waals surface area contributed by atoms with E-state index in [1.54, 1.807) is 7.11 Å². The Morgan fingerprint density at radius 3 is 2.73 bits per heavy atom. The fraction of sp³-hybridized carbons (Fsp3) is 0.389. The molecule has 0 aromatic heterocycles. The van der Waals surface area contributed by atoms with Gasteiger partial charge < -0.3 is 9.47 Å². The highest BCUT2D eigenvalue weighted by molar-refractivity contribution is 6.32. The minimum absolute atomic E-state index is 0.170. The van der Waals surface area contributed by atoms with Crippen LogP contribution in [-0.2, 0) is 9.53 Å². The third kappa shape index (κ3) is 4.38. The first-order valence-electron chi connectivity index (χ1n) is 7.43. The summed E-state index contributed by atoms with van der Waals surface area (Å²) in [6.45, 7) is 0. The number of rotatable bonds is 5. The van der Waals surface area contributed by atoms with E-state index in [4.69, 9.17) is 21.1 Å². The monoisotopic (exact) mass is 320 g/mol. The van der Waals surface area contributed by atoms with Gasteiger partial charge in [0, 0.05) is 0 Å². The van der Waals surface area contributed by atoms with E-state index >= 15 is 0 Å². The minimum atomic E-state index is -0.170. The molecule has 2 rings (SSSR count). The van der Waals surface area contributed by atoms with Crippen LogP contribution in [0.1, 0.15) is 37.7 Å². The van der Waals surface area contributed by atoms with Crippen molar-refractivity contribution in [2.24, 2.45) is 0 Å². The summed E-state index contributed by atoms with van der Waals surface area (Å²) in [6.07, 6.45) is 8.80. The Kier molecular flexibility index (Phi) is 6.08. The summed E-state index contributed by atoms with van der Waals surface area (Å²) in [7, 11) is 3.04. The molecule has 1 aromatic rings. The lowest BCUT2D eigenvalue weighted by molar-refractivity contribution is -0.139. The molecule has 0 unspecified atom stereocenters. The lowest BCUT2D eigenvalue weighted by Crippen LogP contribution is -2.06. The van der Waals surface area contributed by atoms with E-state index in [0.29, 0.717) is 17.2 Å². The van der Waals surface area contributed by atoms with Gasteiger partial charge in [-0.15, -0.1) is 0 Å². The molecule has 0 amide bonds. The third-order valence-corrected chi connectivity index (χ3v) is 4.18. The van der Waals surface area contributed by atoms with Gasteiger partial charge in [-0.3, -0.25) is 4.79 Å². The lowest BCUT2D eigenvalue weighted by Gasteiger charge is -2.17. The van der Waals surface area contributed by atoms with E-state index in [-0.39, 0.29) is 5.97 Å². The summed E-state index contributed by atoms with van der Waals surface area (Å²) in [5.41, 5.74) is 3.46. The first kappa shape index (κ1) is 16.6. The van der Waals surface area contributed by atoms with Crippen LogP contribution < -0.4 is 4.74 Å². The van der Waals surface area contributed by atoms with Crippen LogP contribution in [0.25, 0.3) is 6.08 Å². The third-order valence-electron chi connectivity index (χ3n) is 3.87. The SMILES string of the molecule is COC(=O)CC1=C(C=Cc2ccc(Cl)c(OC)c2)CCCC1. The van der Waals surface area contributed by atoms with Crippen LogP contribution in [0, 0.1) is 0 Å². The fourth-order valence-electron chi connectivity index (χ4n) is 2.62. The Morgan fingerprint density at radius 2 is 2.00 bits per heavy atom. The van der Waals surface area contributed by atoms with Crippen molar-refractivity contribution in [3.63, 3.8) is 0 Å². The van der Waals surface area contributed by atoms with Gasteiger partial charge in [0.05, 0.1) is 25.7 Å².